The van der Waals surface area contributed by atoms with Gasteiger partial charge in [0.05, 0.1) is 311 Å². The number of carbonyl (C=O) groups excluding carboxylic acids is 2. The second kappa shape index (κ2) is 104. The Bertz CT molecular complexity index is 1740. The normalized spacial score (nSPS) is 12.0. The van der Waals surface area contributed by atoms with Crippen molar-refractivity contribution in [3.63, 3.8) is 0 Å². The molecular formula is C85H168O28. The van der Waals surface area contributed by atoms with Crippen molar-refractivity contribution in [2.24, 2.45) is 0 Å². The van der Waals surface area contributed by atoms with Crippen LogP contribution in [0.4, 0.5) is 0 Å². The van der Waals surface area contributed by atoms with Crippen LogP contribution in [-0.4, -0.2) is 340 Å². The lowest BCUT2D eigenvalue weighted by Crippen LogP contribution is -2.30. The molecule has 0 aliphatic heterocycles. The van der Waals surface area contributed by atoms with E-state index in [9.17, 15) is 9.59 Å². The van der Waals surface area contributed by atoms with Gasteiger partial charge in [0, 0.05) is 12.8 Å². The smallest absolute Gasteiger partial charge is 0.306 e. The Morgan fingerprint density at radius 1 is 0.186 bits per heavy atom. The molecule has 0 aromatic rings. The van der Waals surface area contributed by atoms with Gasteiger partial charge in [-0.05, 0) is 12.8 Å². The van der Waals surface area contributed by atoms with E-state index in [0.29, 0.717) is 310 Å². The van der Waals surface area contributed by atoms with Crippen LogP contribution in [0, 0.1) is 0 Å². The summed E-state index contributed by atoms with van der Waals surface area (Å²) in [6, 6.07) is 0. The van der Waals surface area contributed by atoms with E-state index < -0.39 is 6.10 Å². The molecule has 0 spiro atoms. The Balaban J connectivity index is 3.60. The highest BCUT2D eigenvalue weighted by Gasteiger charge is 2.18. The molecule has 0 saturated heterocycles. The molecule has 0 aliphatic rings. The molecule has 676 valence electrons. The lowest BCUT2D eigenvalue weighted by molar-refractivity contribution is -0.163. The van der Waals surface area contributed by atoms with Gasteiger partial charge in [-0.25, -0.2) is 0 Å². The summed E-state index contributed by atoms with van der Waals surface area (Å²) < 4.78 is 139. The van der Waals surface area contributed by atoms with Gasteiger partial charge in [-0.15, -0.1) is 0 Å². The first-order valence-corrected chi connectivity index (χ1v) is 44.4. The van der Waals surface area contributed by atoms with Crippen LogP contribution in [-0.2, 0) is 128 Å². The van der Waals surface area contributed by atoms with Crippen LogP contribution in [0.15, 0.2) is 0 Å². The number of hydrogen-bond acceptors (Lipinski definition) is 28. The monoisotopic (exact) mass is 1640 g/mol. The number of ether oxygens (including phenoxy) is 25. The van der Waals surface area contributed by atoms with E-state index >= 15 is 0 Å². The molecule has 0 aromatic carbocycles. The SMILES string of the molecule is CCCCCCCCCCCCCCCCCC(=O)OCC(COCCOCCOCCOCCOCCOCCOCCOCCOCCOCCOCCOCCOCCOCCOCCOCCOCCOCCOCCOCCOCCOCCOCCO)OC(=O)CCCCCCCCCCCCCCCCC. The van der Waals surface area contributed by atoms with E-state index in [1.54, 1.807) is 0 Å². The number of rotatable bonds is 105. The minimum atomic E-state index is -0.662. The molecule has 0 rings (SSSR count). The summed E-state index contributed by atoms with van der Waals surface area (Å²) in [7, 11) is 0. The summed E-state index contributed by atoms with van der Waals surface area (Å²) in [4.78, 5) is 25.6. The first-order chi connectivity index (χ1) is 56.1. The average Bonchev–Trinajstić information content (AvgIpc) is 0.975. The maximum atomic E-state index is 12.9. The lowest BCUT2D eigenvalue weighted by atomic mass is 10.0. The zero-order chi connectivity index (χ0) is 81.0. The third-order valence-electron chi connectivity index (χ3n) is 17.4. The maximum absolute atomic E-state index is 12.9. The molecule has 0 fully saturated rings. The summed E-state index contributed by atoms with van der Waals surface area (Å²) in [5.74, 6) is -0.526. The van der Waals surface area contributed by atoms with Crippen molar-refractivity contribution in [2.75, 3.05) is 317 Å². The van der Waals surface area contributed by atoms with E-state index in [-0.39, 0.29) is 31.8 Å². The molecule has 1 unspecified atom stereocenters. The predicted octanol–water partition coefficient (Wildman–Crippen LogP) is 12.3. The topological polar surface area (TPSA) is 285 Å². The Labute approximate surface area is 684 Å². The van der Waals surface area contributed by atoms with Crippen molar-refractivity contribution < 1.29 is 133 Å². The van der Waals surface area contributed by atoms with Crippen LogP contribution in [0.1, 0.15) is 219 Å². The fourth-order valence-corrected chi connectivity index (χ4v) is 11.0. The van der Waals surface area contributed by atoms with Crippen LogP contribution >= 0.6 is 0 Å². The minimum Gasteiger partial charge on any atom is -0.462 e. The molecule has 0 aliphatic carbocycles. The maximum Gasteiger partial charge on any atom is 0.306 e. The van der Waals surface area contributed by atoms with E-state index in [1.165, 1.54) is 154 Å². The molecule has 1 atom stereocenters. The Hall–Kier alpha value is -2.02. The highest BCUT2D eigenvalue weighted by molar-refractivity contribution is 5.70. The van der Waals surface area contributed by atoms with Crippen molar-refractivity contribution in [1.82, 2.24) is 0 Å². The molecule has 0 saturated carbocycles. The molecule has 0 heterocycles. The number of aliphatic hydroxyl groups is 1. The van der Waals surface area contributed by atoms with E-state index in [0.717, 1.165) is 38.5 Å². The van der Waals surface area contributed by atoms with Crippen LogP contribution in [0.25, 0.3) is 0 Å². The highest BCUT2D eigenvalue weighted by atomic mass is 16.6. The van der Waals surface area contributed by atoms with Gasteiger partial charge in [-0.2, -0.15) is 0 Å². The molecule has 28 heteroatoms. The average molecular weight is 1640 g/mol. The van der Waals surface area contributed by atoms with Crippen molar-refractivity contribution in [2.45, 2.75) is 225 Å². The third-order valence-corrected chi connectivity index (χ3v) is 17.4. The highest BCUT2D eigenvalue weighted by Crippen LogP contribution is 2.17. The second-order valence-corrected chi connectivity index (χ2v) is 27.5. The van der Waals surface area contributed by atoms with Crippen LogP contribution in [0.3, 0.4) is 0 Å². The van der Waals surface area contributed by atoms with Gasteiger partial charge in [0.2, 0.25) is 0 Å². The lowest BCUT2D eigenvalue weighted by Gasteiger charge is -2.18. The van der Waals surface area contributed by atoms with Crippen molar-refractivity contribution in [3.05, 3.63) is 0 Å². The van der Waals surface area contributed by atoms with Crippen LogP contribution < -0.4 is 0 Å². The zero-order valence-electron chi connectivity index (χ0n) is 71.6. The summed E-state index contributed by atoms with van der Waals surface area (Å²) in [6.45, 7) is 25.6. The largest absolute Gasteiger partial charge is 0.462 e. The standard InChI is InChI=1S/C85H168O28/c1-3-5-7-9-11-13-15-17-19-21-23-25-27-29-31-33-84(87)112-82-83(113-85(88)34-32-30-28-26-24-22-20-18-16-14-12-10-8-6-4-2)81-111-80-79-110-78-77-109-76-75-108-74-73-107-72-71-106-70-69-105-68-67-104-66-65-103-64-63-102-62-61-101-60-59-100-58-57-99-56-55-98-54-53-97-52-51-96-50-49-95-48-47-94-46-45-93-44-43-92-42-41-91-40-39-90-38-37-89-36-35-86/h83,86H,3-82H2,1-2H3. The van der Waals surface area contributed by atoms with Gasteiger partial charge in [-0.3, -0.25) is 9.59 Å². The van der Waals surface area contributed by atoms with Gasteiger partial charge in [0.25, 0.3) is 0 Å². The first-order valence-electron chi connectivity index (χ1n) is 44.4. The zero-order valence-corrected chi connectivity index (χ0v) is 71.6. The van der Waals surface area contributed by atoms with Gasteiger partial charge in [0.1, 0.15) is 6.61 Å². The van der Waals surface area contributed by atoms with E-state index in [2.05, 4.69) is 13.8 Å². The number of aliphatic hydroxyl groups excluding tert-OH is 1. The predicted molar refractivity (Wildman–Crippen MR) is 436 cm³/mol. The summed E-state index contributed by atoms with van der Waals surface area (Å²) in [6.07, 6.45) is 38.2. The fourth-order valence-electron chi connectivity index (χ4n) is 11.0. The quantitative estimate of drug-likeness (QED) is 0.0437. The molecule has 0 aromatic heterocycles. The number of esters is 2. The van der Waals surface area contributed by atoms with Gasteiger partial charge < -0.3 is 124 Å². The Morgan fingerprint density at radius 3 is 0.513 bits per heavy atom. The first kappa shape index (κ1) is 111. The van der Waals surface area contributed by atoms with E-state index in [1.807, 2.05) is 0 Å². The molecule has 0 bridgehead atoms. The minimum absolute atomic E-state index is 0.0106. The Morgan fingerprint density at radius 2 is 0.336 bits per heavy atom. The Kier molecular flexibility index (Phi) is 102. The number of hydrogen-bond donors (Lipinski definition) is 1. The van der Waals surface area contributed by atoms with Crippen molar-refractivity contribution in [3.8, 4) is 0 Å². The molecule has 0 radical (unpaired) electrons. The van der Waals surface area contributed by atoms with E-state index in [4.69, 9.17) is 124 Å². The summed E-state index contributed by atoms with van der Waals surface area (Å²) in [5, 5.41) is 8.63. The van der Waals surface area contributed by atoms with Crippen LogP contribution in [0.2, 0.25) is 0 Å². The molecule has 1 N–H and O–H groups in total. The summed E-state index contributed by atoms with van der Waals surface area (Å²) in [5.41, 5.74) is 0. The number of unbranched alkanes of at least 4 members (excludes halogenated alkanes) is 28. The van der Waals surface area contributed by atoms with Gasteiger partial charge in [0.15, 0.2) is 6.10 Å². The fraction of sp³-hybridized carbons (Fsp3) is 0.976. The van der Waals surface area contributed by atoms with Crippen LogP contribution in [0.5, 0.6) is 0 Å². The molecule has 0 amide bonds. The van der Waals surface area contributed by atoms with Crippen molar-refractivity contribution in [1.29, 1.82) is 0 Å². The number of carbonyl (C=O) groups is 2. The van der Waals surface area contributed by atoms with Gasteiger partial charge >= 0.3 is 11.9 Å². The summed E-state index contributed by atoms with van der Waals surface area (Å²) >= 11 is 0. The second-order valence-electron chi connectivity index (χ2n) is 27.5. The van der Waals surface area contributed by atoms with Gasteiger partial charge in [-0.1, -0.05) is 194 Å². The van der Waals surface area contributed by atoms with Crippen molar-refractivity contribution >= 4 is 11.9 Å². The molecular weight excluding hydrogens is 1470 g/mol. The third kappa shape index (κ3) is 102. The molecule has 28 nitrogen and oxygen atoms in total. The molecule has 113 heavy (non-hydrogen) atoms.